The molecule has 0 fully saturated rings. The number of nitrogens with zero attached hydrogens (tertiary/aromatic N) is 1. The summed E-state index contributed by atoms with van der Waals surface area (Å²) in [7, 11) is 0. The molecule has 0 saturated carbocycles. The largest absolute Gasteiger partial charge is 0.481 e. The zero-order valence-corrected chi connectivity index (χ0v) is 6.07. The monoisotopic (exact) mass is 169 g/mol. The number of hydrogen-bond donors (Lipinski definition) is 3. The molecule has 0 spiro atoms. The number of carbonyl (C=O) groups excluding carboxylic acids is 1. The fourth-order valence-corrected chi connectivity index (χ4v) is 0.536. The highest BCUT2D eigenvalue weighted by molar-refractivity contribution is 5.97. The molecule has 0 aromatic rings. The van der Waals surface area contributed by atoms with Gasteiger partial charge in [-0.05, 0) is 0 Å². The first-order valence-electron chi connectivity index (χ1n) is 2.89. The maximum absolute atomic E-state index is 10.4. The predicted octanol–water partition coefficient (Wildman–Crippen LogP) is -1.32. The number of aliphatic carboxylic acids is 1. The van der Waals surface area contributed by atoms with Gasteiger partial charge >= 0.3 is 5.97 Å². The van der Waals surface area contributed by atoms with Crippen LogP contribution in [0.1, 0.15) is 6.42 Å². The van der Waals surface area contributed by atoms with Gasteiger partial charge in [0.15, 0.2) is 0 Å². The summed E-state index contributed by atoms with van der Waals surface area (Å²) in [5.41, 5.74) is 9.01. The number of carbonyl (C=O) groups is 2. The molecule has 0 aliphatic heterocycles. The molecule has 0 aromatic heterocycles. The maximum Gasteiger partial charge on any atom is 0.309 e. The molecule has 0 aliphatic rings. The predicted molar refractivity (Wildman–Crippen MR) is 38.3 cm³/mol. The molecule has 0 radical (unpaired) electrons. The molecule has 64 valence electrons. The zero-order valence-electron chi connectivity index (χ0n) is 6.07. The normalized spacial score (nSPS) is 11.2. The van der Waals surface area contributed by atoms with Crippen molar-refractivity contribution in [3.63, 3.8) is 0 Å². The van der Waals surface area contributed by atoms with E-state index in [2.05, 4.69) is 0 Å². The van der Waals surface area contributed by atoms with E-state index < -0.39 is 23.9 Å². The van der Waals surface area contributed by atoms with Crippen LogP contribution in [0.15, 0.2) is 11.3 Å². The first-order chi connectivity index (χ1) is 5.49. The topological polar surface area (TPSA) is 130 Å². The molecule has 0 unspecified atom stereocenters. The Kier molecular flexibility index (Phi) is 3.30. The van der Waals surface area contributed by atoms with Gasteiger partial charge in [-0.1, -0.05) is 0 Å². The van der Waals surface area contributed by atoms with E-state index in [1.807, 2.05) is 0 Å². The van der Waals surface area contributed by atoms with Gasteiger partial charge in [-0.25, -0.2) is 0 Å². The van der Waals surface area contributed by atoms with E-state index >= 15 is 0 Å². The van der Waals surface area contributed by atoms with Crippen molar-refractivity contribution < 1.29 is 14.7 Å². The summed E-state index contributed by atoms with van der Waals surface area (Å²) in [5, 5.41) is 16.5. The smallest absolute Gasteiger partial charge is 0.309 e. The van der Waals surface area contributed by atoms with E-state index in [0.717, 1.165) is 0 Å². The Balaban J connectivity index is 4.76. The molecule has 1 amide bonds. The van der Waals surface area contributed by atoms with Crippen LogP contribution in [0.3, 0.4) is 0 Å². The number of carboxylic acid groups (broad SMARTS) is 1. The van der Waals surface area contributed by atoms with Gasteiger partial charge in [-0.2, -0.15) is 5.26 Å². The highest BCUT2D eigenvalue weighted by atomic mass is 16.4. The number of amides is 1. The number of carboxylic acids is 1. The molecule has 0 atom stereocenters. The van der Waals surface area contributed by atoms with Crippen molar-refractivity contribution in [2.75, 3.05) is 0 Å². The Morgan fingerprint density at radius 1 is 1.42 bits per heavy atom. The van der Waals surface area contributed by atoms with E-state index in [-0.39, 0.29) is 5.70 Å². The van der Waals surface area contributed by atoms with Gasteiger partial charge in [0.25, 0.3) is 5.91 Å². The van der Waals surface area contributed by atoms with Crippen LogP contribution >= 0.6 is 0 Å². The van der Waals surface area contributed by atoms with Crippen molar-refractivity contribution in [1.29, 1.82) is 5.26 Å². The molecule has 0 heterocycles. The summed E-state index contributed by atoms with van der Waals surface area (Å²) >= 11 is 0. The molecule has 0 saturated heterocycles. The Hall–Kier alpha value is -2.03. The van der Waals surface area contributed by atoms with E-state index in [9.17, 15) is 9.59 Å². The quantitative estimate of drug-likeness (QED) is 0.356. The third-order valence-electron chi connectivity index (χ3n) is 1.02. The molecular formula is C6H7N3O3. The third-order valence-corrected chi connectivity index (χ3v) is 1.02. The molecular weight excluding hydrogens is 162 g/mol. The summed E-state index contributed by atoms with van der Waals surface area (Å²) in [4.78, 5) is 20.5. The van der Waals surface area contributed by atoms with E-state index in [1.165, 1.54) is 6.07 Å². The van der Waals surface area contributed by atoms with Crippen molar-refractivity contribution >= 4 is 11.9 Å². The van der Waals surface area contributed by atoms with Gasteiger partial charge in [0.1, 0.15) is 11.6 Å². The highest BCUT2D eigenvalue weighted by Gasteiger charge is 2.11. The van der Waals surface area contributed by atoms with Crippen molar-refractivity contribution in [2.45, 2.75) is 6.42 Å². The lowest BCUT2D eigenvalue weighted by atomic mass is 10.2. The molecule has 0 aromatic carbocycles. The van der Waals surface area contributed by atoms with Crippen LogP contribution in [0.5, 0.6) is 0 Å². The van der Waals surface area contributed by atoms with Crippen molar-refractivity contribution in [1.82, 2.24) is 0 Å². The molecule has 5 N–H and O–H groups in total. The van der Waals surface area contributed by atoms with E-state index in [4.69, 9.17) is 21.8 Å². The second kappa shape index (κ2) is 3.98. The van der Waals surface area contributed by atoms with Crippen molar-refractivity contribution in [2.24, 2.45) is 11.5 Å². The number of hydrogen-bond acceptors (Lipinski definition) is 4. The minimum absolute atomic E-state index is 0.322. The molecule has 6 nitrogen and oxygen atoms in total. The van der Waals surface area contributed by atoms with Crippen LogP contribution in [0.4, 0.5) is 0 Å². The summed E-state index contributed by atoms with van der Waals surface area (Å²) in [6.07, 6.45) is -0.564. The van der Waals surface area contributed by atoms with Crippen LogP contribution in [0.25, 0.3) is 0 Å². The first kappa shape index (κ1) is 9.97. The van der Waals surface area contributed by atoms with Gasteiger partial charge in [-0.15, -0.1) is 0 Å². The number of nitriles is 1. The highest BCUT2D eigenvalue weighted by Crippen LogP contribution is 2.00. The summed E-state index contributed by atoms with van der Waals surface area (Å²) in [6, 6.07) is 1.42. The van der Waals surface area contributed by atoms with Crippen molar-refractivity contribution in [3.8, 4) is 6.07 Å². The van der Waals surface area contributed by atoms with E-state index in [1.54, 1.807) is 0 Å². The van der Waals surface area contributed by atoms with Crippen LogP contribution < -0.4 is 11.5 Å². The fraction of sp³-hybridized carbons (Fsp3) is 0.167. The zero-order chi connectivity index (χ0) is 9.72. The summed E-state index contributed by atoms with van der Waals surface area (Å²) in [5.74, 6) is -2.24. The maximum atomic E-state index is 10.4. The first-order valence-corrected chi connectivity index (χ1v) is 2.89. The average molecular weight is 169 g/mol. The lowest BCUT2D eigenvalue weighted by Crippen LogP contribution is -2.19. The molecule has 12 heavy (non-hydrogen) atoms. The summed E-state index contributed by atoms with van der Waals surface area (Å²) in [6.45, 7) is 0. The Labute approximate surface area is 68.1 Å². The second-order valence-electron chi connectivity index (χ2n) is 1.95. The Morgan fingerprint density at radius 2 is 1.92 bits per heavy atom. The van der Waals surface area contributed by atoms with Crippen LogP contribution in [-0.2, 0) is 9.59 Å². The molecule has 0 bridgehead atoms. The Bertz CT molecular complexity index is 287. The minimum atomic E-state index is -1.22. The van der Waals surface area contributed by atoms with Crippen molar-refractivity contribution in [3.05, 3.63) is 11.3 Å². The standard InChI is InChI=1S/C6H7N3O3/c7-2-3(6(9)12)4(8)1-5(10)11/h1,8H2,(H2,9,12)(H,10,11). The minimum Gasteiger partial charge on any atom is -0.481 e. The lowest BCUT2D eigenvalue weighted by molar-refractivity contribution is -0.136. The van der Waals surface area contributed by atoms with Gasteiger partial charge in [-0.3, -0.25) is 9.59 Å². The van der Waals surface area contributed by atoms with E-state index in [0.29, 0.717) is 0 Å². The SMILES string of the molecule is N#CC(C(N)=O)=C(N)CC(=O)O. The van der Waals surface area contributed by atoms with Gasteiger partial charge in [0, 0.05) is 5.70 Å². The van der Waals surface area contributed by atoms with Crippen LogP contribution in [0, 0.1) is 11.3 Å². The van der Waals surface area contributed by atoms with Gasteiger partial charge < -0.3 is 16.6 Å². The third kappa shape index (κ3) is 2.70. The second-order valence-corrected chi connectivity index (χ2v) is 1.95. The number of rotatable bonds is 3. The molecule has 0 rings (SSSR count). The molecule has 0 aliphatic carbocycles. The number of nitrogens with two attached hydrogens (primary N) is 2. The van der Waals surface area contributed by atoms with Gasteiger partial charge in [0.05, 0.1) is 6.42 Å². The number of primary amides is 1. The van der Waals surface area contributed by atoms with Crippen LogP contribution in [-0.4, -0.2) is 17.0 Å². The fourth-order valence-electron chi connectivity index (χ4n) is 0.536. The molecule has 6 heteroatoms. The Morgan fingerprint density at radius 3 is 2.17 bits per heavy atom. The lowest BCUT2D eigenvalue weighted by Gasteiger charge is -1.97. The summed E-state index contributed by atoms with van der Waals surface area (Å²) < 4.78 is 0. The van der Waals surface area contributed by atoms with Crippen LogP contribution in [0.2, 0.25) is 0 Å². The average Bonchev–Trinajstić information content (AvgIpc) is 1.85. The van der Waals surface area contributed by atoms with Gasteiger partial charge in [0.2, 0.25) is 0 Å².